The first-order valence-corrected chi connectivity index (χ1v) is 4.29. The van der Waals surface area contributed by atoms with E-state index in [9.17, 15) is 9.18 Å². The summed E-state index contributed by atoms with van der Waals surface area (Å²) in [7, 11) is 0. The van der Waals surface area contributed by atoms with Crippen LogP contribution in [0.25, 0.3) is 0 Å². The van der Waals surface area contributed by atoms with Crippen molar-refractivity contribution in [3.8, 4) is 0 Å². The predicted octanol–water partition coefficient (Wildman–Crippen LogP) is 2.58. The first-order chi connectivity index (χ1) is 6.40. The second kappa shape index (κ2) is 3.78. The van der Waals surface area contributed by atoms with Crippen LogP contribution in [0.5, 0.6) is 0 Å². The van der Waals surface area contributed by atoms with E-state index in [0.717, 1.165) is 6.07 Å². The molecule has 0 aliphatic heterocycles. The van der Waals surface area contributed by atoms with E-state index in [1.165, 1.54) is 12.1 Å². The van der Waals surface area contributed by atoms with Crippen LogP contribution in [0, 0.1) is 11.9 Å². The van der Waals surface area contributed by atoms with Crippen molar-refractivity contribution in [2.75, 3.05) is 0 Å². The van der Waals surface area contributed by atoms with E-state index in [0.29, 0.717) is 0 Å². The number of hydrogen-bond acceptors (Lipinski definition) is 2. The summed E-state index contributed by atoms with van der Waals surface area (Å²) in [4.78, 5) is 11.4. The smallest absolute Gasteiger partial charge is 0.341 e. The minimum absolute atomic E-state index is 0.0568. The van der Waals surface area contributed by atoms with Crippen molar-refractivity contribution < 1.29 is 13.9 Å². The van der Waals surface area contributed by atoms with E-state index in [1.807, 2.05) is 0 Å². The molecule has 0 aliphatic carbocycles. The third-order valence-corrected chi connectivity index (χ3v) is 1.43. The number of carbonyl (C=O) groups excluding carboxylic acids is 1. The maximum absolute atomic E-state index is 13.1. The maximum atomic E-state index is 13.1. The molecule has 14 heavy (non-hydrogen) atoms. The lowest BCUT2D eigenvalue weighted by Crippen LogP contribution is -2.24. The summed E-state index contributed by atoms with van der Waals surface area (Å²) in [5.74, 6) is -1.26. The highest BCUT2D eigenvalue weighted by molar-refractivity contribution is 5.89. The lowest BCUT2D eigenvalue weighted by Gasteiger charge is -2.19. The molecule has 0 aromatic heterocycles. The maximum Gasteiger partial charge on any atom is 0.341 e. The summed E-state index contributed by atoms with van der Waals surface area (Å²) in [5, 5.41) is 0. The van der Waals surface area contributed by atoms with E-state index in [2.05, 4.69) is 6.07 Å². The minimum Gasteiger partial charge on any atom is -0.456 e. The zero-order chi connectivity index (χ0) is 10.8. The summed E-state index contributed by atoms with van der Waals surface area (Å²) < 4.78 is 18.1. The van der Waals surface area contributed by atoms with Crippen LogP contribution in [-0.4, -0.2) is 11.6 Å². The van der Waals surface area contributed by atoms with E-state index in [1.54, 1.807) is 20.8 Å². The first kappa shape index (κ1) is 10.7. The number of hydrogen-bond donors (Lipinski definition) is 0. The van der Waals surface area contributed by atoms with Gasteiger partial charge in [0.15, 0.2) is 0 Å². The van der Waals surface area contributed by atoms with Crippen molar-refractivity contribution in [2.45, 2.75) is 26.4 Å². The van der Waals surface area contributed by atoms with Gasteiger partial charge in [-0.05, 0) is 39.0 Å². The van der Waals surface area contributed by atoms with E-state index < -0.39 is 17.4 Å². The molecule has 0 unspecified atom stereocenters. The van der Waals surface area contributed by atoms with Crippen LogP contribution in [-0.2, 0) is 4.74 Å². The lowest BCUT2D eigenvalue weighted by molar-refractivity contribution is 0.00647. The summed E-state index contributed by atoms with van der Waals surface area (Å²) in [5.41, 5.74) is -0.665. The predicted molar refractivity (Wildman–Crippen MR) is 50.4 cm³/mol. The first-order valence-electron chi connectivity index (χ1n) is 4.29. The molecule has 0 bridgehead atoms. The van der Waals surface area contributed by atoms with Crippen LogP contribution in [0.2, 0.25) is 0 Å². The highest BCUT2D eigenvalue weighted by atomic mass is 19.1. The molecule has 75 valence electrons. The molecule has 0 atom stereocenters. The normalized spacial score (nSPS) is 11.1. The minimum atomic E-state index is -0.649. The van der Waals surface area contributed by atoms with Crippen molar-refractivity contribution in [1.29, 1.82) is 0 Å². The van der Waals surface area contributed by atoms with Gasteiger partial charge in [0, 0.05) is 0 Å². The molecular weight excluding hydrogens is 183 g/mol. The highest BCUT2D eigenvalue weighted by Crippen LogP contribution is 2.13. The van der Waals surface area contributed by atoms with Crippen LogP contribution in [0.15, 0.2) is 18.2 Å². The monoisotopic (exact) mass is 195 g/mol. The van der Waals surface area contributed by atoms with Gasteiger partial charge < -0.3 is 4.74 Å². The van der Waals surface area contributed by atoms with Gasteiger partial charge in [-0.25, -0.2) is 9.18 Å². The van der Waals surface area contributed by atoms with Crippen LogP contribution < -0.4 is 0 Å². The molecule has 0 N–H and O–H groups in total. The standard InChI is InChI=1S/C11H12FO2/c1-11(2,3)14-10(13)8-6-4-5-7-9(8)12/h4,6-7H,1-3H3. The summed E-state index contributed by atoms with van der Waals surface area (Å²) in [6.45, 7) is 5.20. The Morgan fingerprint density at radius 2 is 2.14 bits per heavy atom. The number of halogens is 1. The molecule has 1 rings (SSSR count). The van der Waals surface area contributed by atoms with Crippen molar-refractivity contribution in [1.82, 2.24) is 0 Å². The molecule has 0 amide bonds. The molecule has 0 saturated carbocycles. The van der Waals surface area contributed by atoms with Gasteiger partial charge in [0.2, 0.25) is 0 Å². The van der Waals surface area contributed by atoms with Gasteiger partial charge in [-0.2, -0.15) is 0 Å². The number of benzene rings is 1. The number of esters is 1. The third-order valence-electron chi connectivity index (χ3n) is 1.43. The fourth-order valence-electron chi connectivity index (χ4n) is 0.909. The van der Waals surface area contributed by atoms with Crippen LogP contribution >= 0.6 is 0 Å². The quantitative estimate of drug-likeness (QED) is 0.644. The summed E-state index contributed by atoms with van der Waals surface area (Å²) in [6, 6.07) is 6.47. The van der Waals surface area contributed by atoms with E-state index in [-0.39, 0.29) is 5.56 Å². The van der Waals surface area contributed by atoms with Gasteiger partial charge in [-0.3, -0.25) is 0 Å². The van der Waals surface area contributed by atoms with Gasteiger partial charge >= 0.3 is 5.97 Å². The zero-order valence-corrected chi connectivity index (χ0v) is 8.43. The molecule has 1 radical (unpaired) electrons. The van der Waals surface area contributed by atoms with Crippen LogP contribution in [0.4, 0.5) is 4.39 Å². The highest BCUT2D eigenvalue weighted by Gasteiger charge is 2.19. The average Bonchev–Trinajstić information content (AvgIpc) is 2.01. The van der Waals surface area contributed by atoms with Crippen molar-refractivity contribution >= 4 is 5.97 Å². The molecule has 0 saturated heterocycles. The molecule has 0 heterocycles. The Balaban J connectivity index is 2.86. The van der Waals surface area contributed by atoms with Crippen molar-refractivity contribution in [3.63, 3.8) is 0 Å². The number of rotatable bonds is 1. The zero-order valence-electron chi connectivity index (χ0n) is 8.43. The Morgan fingerprint density at radius 3 is 2.64 bits per heavy atom. The SMILES string of the molecule is CC(C)(C)OC(=O)c1cc[c]cc1F. The second-order valence-corrected chi connectivity index (χ2v) is 3.91. The molecule has 0 spiro atoms. The Kier molecular flexibility index (Phi) is 2.89. The second-order valence-electron chi connectivity index (χ2n) is 3.91. The fourth-order valence-corrected chi connectivity index (χ4v) is 0.909. The Morgan fingerprint density at radius 1 is 1.50 bits per heavy atom. The van der Waals surface area contributed by atoms with Crippen molar-refractivity contribution in [2.24, 2.45) is 0 Å². The van der Waals surface area contributed by atoms with E-state index in [4.69, 9.17) is 4.74 Å². The summed E-state index contributed by atoms with van der Waals surface area (Å²) in [6.07, 6.45) is 0. The van der Waals surface area contributed by atoms with Gasteiger partial charge in [0.1, 0.15) is 11.4 Å². The molecule has 0 aliphatic rings. The van der Waals surface area contributed by atoms with E-state index >= 15 is 0 Å². The fraction of sp³-hybridized carbons (Fsp3) is 0.364. The van der Waals surface area contributed by atoms with Gasteiger partial charge in [0.05, 0.1) is 5.56 Å². The molecule has 1 aromatic rings. The number of carbonyl (C=O) groups is 1. The van der Waals surface area contributed by atoms with Crippen LogP contribution in [0.3, 0.4) is 0 Å². The molecule has 3 heteroatoms. The van der Waals surface area contributed by atoms with Gasteiger partial charge in [0.25, 0.3) is 0 Å². The molecule has 1 aromatic carbocycles. The molecule has 2 nitrogen and oxygen atoms in total. The Bertz CT molecular complexity index is 339. The van der Waals surface area contributed by atoms with Crippen LogP contribution in [0.1, 0.15) is 31.1 Å². The number of ether oxygens (including phenoxy) is 1. The third kappa shape index (κ3) is 2.83. The Labute approximate surface area is 82.7 Å². The topological polar surface area (TPSA) is 26.3 Å². The average molecular weight is 195 g/mol. The van der Waals surface area contributed by atoms with Gasteiger partial charge in [-0.15, -0.1) is 0 Å². The van der Waals surface area contributed by atoms with Crippen molar-refractivity contribution in [3.05, 3.63) is 35.6 Å². The molecule has 0 fully saturated rings. The molecular formula is C11H12FO2. The largest absolute Gasteiger partial charge is 0.456 e. The Hall–Kier alpha value is -1.38. The van der Waals surface area contributed by atoms with Gasteiger partial charge in [-0.1, -0.05) is 6.07 Å². The lowest BCUT2D eigenvalue weighted by atomic mass is 10.1. The summed E-state index contributed by atoms with van der Waals surface area (Å²) >= 11 is 0.